The molecule has 0 saturated heterocycles. The zero-order chi connectivity index (χ0) is 7.40. The molecular weight excluding hydrogens is 151 g/mol. The molecule has 0 spiro atoms. The molecule has 0 aliphatic rings. The molecule has 1 aromatic rings. The molecule has 0 amide bonds. The summed E-state index contributed by atoms with van der Waals surface area (Å²) in [7, 11) is 0. The molecule has 0 atom stereocenters. The van der Waals surface area contributed by atoms with Gasteiger partial charge in [0.1, 0.15) is 5.82 Å². The van der Waals surface area contributed by atoms with Gasteiger partial charge in [0.05, 0.1) is 11.4 Å². The minimum atomic E-state index is -0.291. The highest BCUT2D eigenvalue weighted by Gasteiger charge is 1.99. The van der Waals surface area contributed by atoms with E-state index in [0.717, 1.165) is 11.9 Å². The Kier molecular flexibility index (Phi) is 2.65. The summed E-state index contributed by atoms with van der Waals surface area (Å²) < 4.78 is 12.6. The first-order valence-electron chi connectivity index (χ1n) is 2.75. The van der Waals surface area contributed by atoms with E-state index in [1.807, 2.05) is 0 Å². The Bertz CT molecular complexity index is 217. The van der Waals surface area contributed by atoms with Crippen LogP contribution in [0.15, 0.2) is 18.3 Å². The molecule has 0 aliphatic heterocycles. The Morgan fingerprint density at radius 1 is 1.70 bits per heavy atom. The Labute approximate surface area is 62.8 Å². The number of hydrogen-bond donors (Lipinski definition) is 1. The molecule has 0 aromatic carbocycles. The summed E-state index contributed by atoms with van der Waals surface area (Å²) in [6.45, 7) is 0. The quantitative estimate of drug-likeness (QED) is 0.660. The van der Waals surface area contributed by atoms with Crippen LogP contribution in [0.2, 0.25) is 0 Å². The van der Waals surface area contributed by atoms with Crippen molar-refractivity contribution in [1.82, 2.24) is 4.98 Å². The molecule has 0 unspecified atom stereocenters. The third-order valence-corrected chi connectivity index (χ3v) is 1.49. The van der Waals surface area contributed by atoms with E-state index in [9.17, 15) is 4.39 Å². The van der Waals surface area contributed by atoms with Gasteiger partial charge in [-0.25, -0.2) is 4.39 Å². The van der Waals surface area contributed by atoms with Gasteiger partial charge in [0.15, 0.2) is 0 Å². The molecule has 2 nitrogen and oxygen atoms in total. The number of nitrogens with zero attached hydrogens (tertiary/aromatic N) is 1. The second-order valence-corrected chi connectivity index (χ2v) is 2.36. The smallest absolute Gasteiger partial charge is 0.145 e. The fourth-order valence-corrected chi connectivity index (χ4v) is 0.974. The van der Waals surface area contributed by atoms with Gasteiger partial charge in [0.2, 0.25) is 0 Å². The lowest BCUT2D eigenvalue weighted by Gasteiger charge is -1.96. The molecule has 0 saturated carbocycles. The van der Waals surface area contributed by atoms with Gasteiger partial charge in [0.25, 0.3) is 0 Å². The summed E-state index contributed by atoms with van der Waals surface area (Å²) in [4.78, 5) is 3.79. The van der Waals surface area contributed by atoms with Crippen molar-refractivity contribution in [2.75, 3.05) is 0 Å². The summed E-state index contributed by atoms with van der Waals surface area (Å²) in [5.41, 5.74) is 0.412. The average molecular weight is 158 g/mol. The van der Waals surface area contributed by atoms with Crippen molar-refractivity contribution < 1.29 is 4.39 Å². The first-order chi connectivity index (χ1) is 4.84. The van der Waals surface area contributed by atoms with Crippen molar-refractivity contribution >= 4 is 11.9 Å². The largest absolute Gasteiger partial charge is 0.278 e. The first kappa shape index (κ1) is 7.50. The summed E-state index contributed by atoms with van der Waals surface area (Å²) in [6, 6.07) is 2.93. The maximum Gasteiger partial charge on any atom is 0.145 e. The summed E-state index contributed by atoms with van der Waals surface area (Å²) >= 11 is 1.07. The molecule has 0 fully saturated rings. The van der Waals surface area contributed by atoms with E-state index in [0.29, 0.717) is 11.4 Å². The molecule has 1 rings (SSSR count). The number of nitrogens with two attached hydrogens (primary N) is 1. The topological polar surface area (TPSA) is 38.9 Å². The van der Waals surface area contributed by atoms with Crippen LogP contribution in [-0.4, -0.2) is 4.98 Å². The first-order valence-corrected chi connectivity index (χ1v) is 3.80. The fourth-order valence-electron chi connectivity index (χ4n) is 0.604. The van der Waals surface area contributed by atoms with Crippen molar-refractivity contribution in [2.45, 2.75) is 5.75 Å². The second-order valence-electron chi connectivity index (χ2n) is 1.74. The van der Waals surface area contributed by atoms with Crippen LogP contribution in [-0.2, 0) is 5.75 Å². The van der Waals surface area contributed by atoms with E-state index in [-0.39, 0.29) is 5.82 Å². The highest BCUT2D eigenvalue weighted by Crippen LogP contribution is 2.07. The minimum Gasteiger partial charge on any atom is -0.278 e. The Morgan fingerprint density at radius 2 is 2.50 bits per heavy atom. The van der Waals surface area contributed by atoms with Crippen LogP contribution in [0.5, 0.6) is 0 Å². The highest BCUT2D eigenvalue weighted by atomic mass is 32.2. The molecule has 2 N–H and O–H groups in total. The van der Waals surface area contributed by atoms with Crippen molar-refractivity contribution in [2.24, 2.45) is 5.14 Å². The lowest BCUT2D eigenvalue weighted by atomic mass is 10.4. The molecule has 10 heavy (non-hydrogen) atoms. The standard InChI is InChI=1S/C6H7FN2S/c7-5-2-1-3-9-6(5)4-10-8/h1-3H,4,8H2. The maximum atomic E-state index is 12.6. The number of hydrogen-bond acceptors (Lipinski definition) is 3. The van der Waals surface area contributed by atoms with Crippen molar-refractivity contribution in [3.63, 3.8) is 0 Å². The van der Waals surface area contributed by atoms with Crippen LogP contribution in [0.4, 0.5) is 4.39 Å². The summed E-state index contributed by atoms with van der Waals surface area (Å²) in [5, 5.41) is 5.14. The average Bonchev–Trinajstić information content (AvgIpc) is 1.94. The van der Waals surface area contributed by atoms with Gasteiger partial charge >= 0.3 is 0 Å². The molecule has 0 aliphatic carbocycles. The van der Waals surface area contributed by atoms with Crippen molar-refractivity contribution in [3.8, 4) is 0 Å². The number of aromatic nitrogens is 1. The third kappa shape index (κ3) is 1.68. The lowest BCUT2D eigenvalue weighted by Crippen LogP contribution is -1.93. The zero-order valence-electron chi connectivity index (χ0n) is 5.25. The Balaban J connectivity index is 2.81. The monoisotopic (exact) mass is 158 g/mol. The third-order valence-electron chi connectivity index (χ3n) is 1.05. The van der Waals surface area contributed by atoms with E-state index in [1.54, 1.807) is 12.3 Å². The van der Waals surface area contributed by atoms with Crippen LogP contribution >= 0.6 is 11.9 Å². The molecule has 1 heterocycles. The summed E-state index contributed by atoms with van der Waals surface area (Å²) in [6.07, 6.45) is 1.55. The molecule has 4 heteroatoms. The molecule has 0 radical (unpaired) electrons. The van der Waals surface area contributed by atoms with Crippen molar-refractivity contribution in [1.29, 1.82) is 0 Å². The van der Waals surface area contributed by atoms with E-state index < -0.39 is 0 Å². The van der Waals surface area contributed by atoms with Gasteiger partial charge in [0, 0.05) is 6.20 Å². The van der Waals surface area contributed by atoms with Gasteiger partial charge in [-0.3, -0.25) is 10.1 Å². The van der Waals surface area contributed by atoms with Crippen LogP contribution in [0.25, 0.3) is 0 Å². The van der Waals surface area contributed by atoms with E-state index in [4.69, 9.17) is 5.14 Å². The predicted molar refractivity (Wildman–Crippen MR) is 39.7 cm³/mol. The molecular formula is C6H7FN2S. The van der Waals surface area contributed by atoms with E-state index in [2.05, 4.69) is 4.98 Å². The summed E-state index contributed by atoms with van der Waals surface area (Å²) in [5.74, 6) is 0.132. The normalized spacial score (nSPS) is 9.80. The lowest BCUT2D eigenvalue weighted by molar-refractivity contribution is 0.608. The van der Waals surface area contributed by atoms with Gasteiger partial charge in [-0.1, -0.05) is 11.9 Å². The number of rotatable bonds is 2. The van der Waals surface area contributed by atoms with Crippen molar-refractivity contribution in [3.05, 3.63) is 29.8 Å². The number of pyridine rings is 1. The highest BCUT2D eigenvalue weighted by molar-refractivity contribution is 7.96. The molecule has 0 bridgehead atoms. The van der Waals surface area contributed by atoms with Crippen LogP contribution in [0, 0.1) is 5.82 Å². The van der Waals surface area contributed by atoms with Gasteiger partial charge in [-0.15, -0.1) is 0 Å². The minimum absolute atomic E-state index is 0.291. The van der Waals surface area contributed by atoms with E-state index >= 15 is 0 Å². The SMILES string of the molecule is NSCc1ncccc1F. The fraction of sp³-hybridized carbons (Fsp3) is 0.167. The molecule has 1 aromatic heterocycles. The van der Waals surface area contributed by atoms with Gasteiger partial charge in [-0.2, -0.15) is 0 Å². The van der Waals surface area contributed by atoms with Crippen LogP contribution in [0.3, 0.4) is 0 Å². The zero-order valence-corrected chi connectivity index (χ0v) is 6.07. The second kappa shape index (κ2) is 3.53. The maximum absolute atomic E-state index is 12.6. The predicted octanol–water partition coefficient (Wildman–Crippen LogP) is 1.33. The van der Waals surface area contributed by atoms with Crippen LogP contribution in [0.1, 0.15) is 5.69 Å². The Morgan fingerprint density at radius 3 is 3.10 bits per heavy atom. The van der Waals surface area contributed by atoms with Gasteiger partial charge < -0.3 is 0 Å². The Hall–Kier alpha value is -0.610. The van der Waals surface area contributed by atoms with E-state index in [1.165, 1.54) is 6.07 Å². The number of halogens is 1. The molecule has 54 valence electrons. The van der Waals surface area contributed by atoms with Gasteiger partial charge in [-0.05, 0) is 12.1 Å². The van der Waals surface area contributed by atoms with Crippen LogP contribution < -0.4 is 5.14 Å².